The predicted octanol–water partition coefficient (Wildman–Crippen LogP) is 0.487. The fourth-order valence-corrected chi connectivity index (χ4v) is 0.478. The molecule has 0 aromatic heterocycles. The maximum absolute atomic E-state index is 10.6. The van der Waals surface area contributed by atoms with Gasteiger partial charge < -0.3 is 5.32 Å². The molecule has 1 N–H and O–H groups in total. The van der Waals surface area contributed by atoms with E-state index in [0.717, 1.165) is 0 Å². The maximum atomic E-state index is 10.6. The predicted molar refractivity (Wildman–Crippen MR) is 45.2 cm³/mol. The van der Waals surface area contributed by atoms with Crippen molar-refractivity contribution in [1.29, 1.82) is 5.26 Å². The zero-order chi connectivity index (χ0) is 10.1. The van der Waals surface area contributed by atoms with E-state index in [-0.39, 0.29) is 0 Å². The van der Waals surface area contributed by atoms with Crippen LogP contribution in [0, 0.1) is 17.2 Å². The van der Waals surface area contributed by atoms with Gasteiger partial charge in [0.05, 0.1) is 6.07 Å². The summed E-state index contributed by atoms with van der Waals surface area (Å²) in [6.07, 6.45) is 0. The molecule has 0 aliphatic carbocycles. The van der Waals surface area contributed by atoms with Crippen molar-refractivity contribution in [2.75, 3.05) is 7.05 Å². The van der Waals surface area contributed by atoms with Crippen molar-refractivity contribution in [3.63, 3.8) is 0 Å². The summed E-state index contributed by atoms with van der Waals surface area (Å²) in [5, 5.41) is 10.5. The van der Waals surface area contributed by atoms with Gasteiger partial charge >= 0.3 is 0 Å². The lowest BCUT2D eigenvalue weighted by molar-refractivity contribution is -0.130. The fraction of sp³-hybridized carbons (Fsp3) is 0.625. The van der Waals surface area contributed by atoms with Crippen molar-refractivity contribution < 1.29 is 9.59 Å². The molecule has 0 bridgehead atoms. The molecule has 68 valence electrons. The monoisotopic (exact) mass is 170 g/mol. The molecule has 12 heavy (non-hydrogen) atoms. The Kier molecular flexibility index (Phi) is 8.53. The molecule has 0 spiro atoms. The normalized spacial score (nSPS) is 9.92. The summed E-state index contributed by atoms with van der Waals surface area (Å²) in [7, 11) is 1.38. The van der Waals surface area contributed by atoms with Gasteiger partial charge in [-0.1, -0.05) is 13.8 Å². The number of carbonyl (C=O) groups is 2. The lowest BCUT2D eigenvalue weighted by Crippen LogP contribution is -2.30. The molecule has 1 unspecified atom stereocenters. The van der Waals surface area contributed by atoms with Crippen LogP contribution in [0.25, 0.3) is 0 Å². The van der Waals surface area contributed by atoms with Crippen LogP contribution in [0.4, 0.5) is 0 Å². The first kappa shape index (κ1) is 13.2. The van der Waals surface area contributed by atoms with E-state index in [1.54, 1.807) is 6.07 Å². The van der Waals surface area contributed by atoms with E-state index >= 15 is 0 Å². The number of nitrogens with zero attached hydrogens (tertiary/aromatic N) is 1. The number of hydrogen-bond donors (Lipinski definition) is 1. The molecule has 4 heteroatoms. The van der Waals surface area contributed by atoms with E-state index in [1.807, 2.05) is 13.8 Å². The summed E-state index contributed by atoms with van der Waals surface area (Å²) >= 11 is 0. The summed E-state index contributed by atoms with van der Waals surface area (Å²) < 4.78 is 0. The molecule has 0 rings (SSSR count). The highest BCUT2D eigenvalue weighted by atomic mass is 16.2. The van der Waals surface area contributed by atoms with Crippen LogP contribution in [0.1, 0.15) is 20.8 Å². The van der Waals surface area contributed by atoms with Gasteiger partial charge in [0.15, 0.2) is 11.7 Å². The Hall–Kier alpha value is -1.37. The average molecular weight is 170 g/mol. The standard InChI is InChI=1S/C6H8N2O2.C2H6/c1-4(9)5(3-7)6(10)8-2;1-2/h5H,1-2H3,(H,8,10);1-2H3. The smallest absolute Gasteiger partial charge is 0.244 e. The molecule has 1 amide bonds. The number of Topliss-reactive ketones (excluding diaryl/α,β-unsaturated/α-hetero) is 1. The summed E-state index contributed by atoms with van der Waals surface area (Å²) in [5.41, 5.74) is 0. The van der Waals surface area contributed by atoms with Crippen LogP contribution in [0.15, 0.2) is 0 Å². The van der Waals surface area contributed by atoms with Crippen molar-refractivity contribution in [1.82, 2.24) is 5.32 Å². The van der Waals surface area contributed by atoms with Gasteiger partial charge in [-0.25, -0.2) is 0 Å². The number of nitriles is 1. The molecular formula is C8H14N2O2. The minimum atomic E-state index is -1.15. The van der Waals surface area contributed by atoms with Crippen LogP contribution in [0.5, 0.6) is 0 Å². The van der Waals surface area contributed by atoms with Crippen molar-refractivity contribution in [3.8, 4) is 6.07 Å². The second kappa shape index (κ2) is 7.73. The Morgan fingerprint density at radius 1 is 1.42 bits per heavy atom. The molecule has 4 nitrogen and oxygen atoms in total. The third-order valence-corrected chi connectivity index (χ3v) is 1.04. The summed E-state index contributed by atoms with van der Waals surface area (Å²) in [6.45, 7) is 5.21. The van der Waals surface area contributed by atoms with Gasteiger partial charge in [-0.05, 0) is 6.92 Å². The lowest BCUT2D eigenvalue weighted by Gasteiger charge is -2.00. The Morgan fingerprint density at radius 3 is 1.92 bits per heavy atom. The number of hydrogen-bond acceptors (Lipinski definition) is 3. The molecule has 0 heterocycles. The number of carbonyl (C=O) groups excluding carboxylic acids is 2. The number of rotatable bonds is 2. The van der Waals surface area contributed by atoms with Crippen LogP contribution < -0.4 is 5.32 Å². The quantitative estimate of drug-likeness (QED) is 0.613. The van der Waals surface area contributed by atoms with E-state index in [2.05, 4.69) is 5.32 Å². The SMILES string of the molecule is CC.CNC(=O)C(C#N)C(C)=O. The molecule has 0 fully saturated rings. The summed E-state index contributed by atoms with van der Waals surface area (Å²) in [4.78, 5) is 21.1. The van der Waals surface area contributed by atoms with Gasteiger partial charge in [0.2, 0.25) is 5.91 Å². The van der Waals surface area contributed by atoms with Gasteiger partial charge in [0.1, 0.15) is 0 Å². The van der Waals surface area contributed by atoms with Crippen molar-refractivity contribution >= 4 is 11.7 Å². The number of nitrogens with one attached hydrogen (secondary N) is 1. The molecule has 0 aliphatic heterocycles. The van der Waals surface area contributed by atoms with Crippen molar-refractivity contribution in [2.45, 2.75) is 20.8 Å². The van der Waals surface area contributed by atoms with E-state index in [0.29, 0.717) is 0 Å². The van der Waals surface area contributed by atoms with E-state index in [9.17, 15) is 9.59 Å². The third-order valence-electron chi connectivity index (χ3n) is 1.04. The van der Waals surface area contributed by atoms with Gasteiger partial charge in [0, 0.05) is 7.05 Å². The first-order valence-corrected chi connectivity index (χ1v) is 3.75. The highest BCUT2D eigenvalue weighted by Crippen LogP contribution is 1.94. The number of amides is 1. The Morgan fingerprint density at radius 2 is 1.83 bits per heavy atom. The van der Waals surface area contributed by atoms with Gasteiger partial charge in [-0.3, -0.25) is 9.59 Å². The largest absolute Gasteiger partial charge is 0.358 e. The van der Waals surface area contributed by atoms with Crippen molar-refractivity contribution in [3.05, 3.63) is 0 Å². The maximum Gasteiger partial charge on any atom is 0.244 e. The molecular weight excluding hydrogens is 156 g/mol. The highest BCUT2D eigenvalue weighted by molar-refractivity contribution is 6.02. The summed E-state index contributed by atoms with van der Waals surface area (Å²) in [5.74, 6) is -2.12. The fourth-order valence-electron chi connectivity index (χ4n) is 0.478. The van der Waals surface area contributed by atoms with E-state index in [4.69, 9.17) is 5.26 Å². The molecule has 0 aliphatic rings. The van der Waals surface area contributed by atoms with Crippen LogP contribution in [0.2, 0.25) is 0 Å². The third kappa shape index (κ3) is 4.45. The summed E-state index contributed by atoms with van der Waals surface area (Å²) in [6, 6.07) is 1.59. The number of ketones is 1. The zero-order valence-corrected chi connectivity index (χ0v) is 7.84. The average Bonchev–Trinajstić information content (AvgIpc) is 2.08. The molecule has 0 radical (unpaired) electrons. The Labute approximate surface area is 72.6 Å². The molecule has 1 atom stereocenters. The van der Waals surface area contributed by atoms with Gasteiger partial charge in [-0.15, -0.1) is 0 Å². The van der Waals surface area contributed by atoms with Crippen molar-refractivity contribution in [2.24, 2.45) is 5.92 Å². The van der Waals surface area contributed by atoms with Gasteiger partial charge in [-0.2, -0.15) is 5.26 Å². The minimum absolute atomic E-state index is 0.429. The second-order valence-electron chi connectivity index (χ2n) is 1.79. The van der Waals surface area contributed by atoms with E-state index in [1.165, 1.54) is 14.0 Å². The van der Waals surface area contributed by atoms with Crippen LogP contribution in [-0.4, -0.2) is 18.7 Å². The topological polar surface area (TPSA) is 70.0 Å². The first-order chi connectivity index (χ1) is 5.63. The first-order valence-electron chi connectivity index (χ1n) is 3.75. The van der Waals surface area contributed by atoms with Crippen LogP contribution >= 0.6 is 0 Å². The van der Waals surface area contributed by atoms with Crippen LogP contribution in [0.3, 0.4) is 0 Å². The van der Waals surface area contributed by atoms with Gasteiger partial charge in [0.25, 0.3) is 0 Å². The molecule has 0 aromatic carbocycles. The molecule has 0 saturated carbocycles. The lowest BCUT2D eigenvalue weighted by atomic mass is 10.1. The second-order valence-corrected chi connectivity index (χ2v) is 1.79. The molecule has 0 aromatic rings. The minimum Gasteiger partial charge on any atom is -0.358 e. The Bertz CT molecular complexity index is 194. The Balaban J connectivity index is 0. The zero-order valence-electron chi connectivity index (χ0n) is 7.84. The van der Waals surface area contributed by atoms with E-state index < -0.39 is 17.6 Å². The highest BCUT2D eigenvalue weighted by Gasteiger charge is 2.20. The van der Waals surface area contributed by atoms with Crippen LogP contribution in [-0.2, 0) is 9.59 Å². The molecule has 0 saturated heterocycles.